The molecule has 3 aromatic carbocycles. The summed E-state index contributed by atoms with van der Waals surface area (Å²) < 4.78 is 60.8. The molecule has 7 nitrogen and oxygen atoms in total. The fourth-order valence-corrected chi connectivity index (χ4v) is 4.63. The molecule has 1 atom stereocenters. The quantitative estimate of drug-likeness (QED) is 0.193. The highest BCUT2D eigenvalue weighted by Crippen LogP contribution is 2.44. The number of ether oxygens (including phenoxy) is 1. The summed E-state index contributed by atoms with van der Waals surface area (Å²) in [4.78, 5) is 17.2. The number of hydrogen-bond acceptors (Lipinski definition) is 5. The van der Waals surface area contributed by atoms with Crippen LogP contribution in [0.1, 0.15) is 34.5 Å². The van der Waals surface area contributed by atoms with Crippen molar-refractivity contribution in [1.29, 1.82) is 0 Å². The maximum Gasteiger partial charge on any atom is 0.397 e. The number of halogens is 4. The molecule has 210 valence electrons. The minimum atomic E-state index is -4.54. The van der Waals surface area contributed by atoms with Crippen LogP contribution in [0.3, 0.4) is 0 Å². The lowest BCUT2D eigenvalue weighted by molar-refractivity contribution is -0.146. The number of anilines is 1. The summed E-state index contributed by atoms with van der Waals surface area (Å²) in [6, 6.07) is 19.1. The van der Waals surface area contributed by atoms with Crippen molar-refractivity contribution in [2.45, 2.75) is 25.6 Å². The van der Waals surface area contributed by atoms with Gasteiger partial charge in [-0.05, 0) is 36.2 Å². The molecule has 11 heteroatoms. The van der Waals surface area contributed by atoms with Crippen molar-refractivity contribution in [3.05, 3.63) is 95.4 Å². The molecule has 0 bridgehead atoms. The first-order valence-corrected chi connectivity index (χ1v) is 12.6. The Hall–Kier alpha value is -4.93. The number of alkyl halides is 3. The van der Waals surface area contributed by atoms with Gasteiger partial charge < -0.3 is 15.8 Å². The number of aromatic amines is 1. The zero-order chi connectivity index (χ0) is 29.3. The number of aromatic nitrogens is 3. The lowest BCUT2D eigenvalue weighted by Crippen LogP contribution is -2.23. The fourth-order valence-electron chi connectivity index (χ4n) is 4.63. The van der Waals surface area contributed by atoms with Crippen molar-refractivity contribution in [3.8, 4) is 28.1 Å². The van der Waals surface area contributed by atoms with Gasteiger partial charge in [-0.3, -0.25) is 14.9 Å². The molecule has 1 amide bonds. The number of nitrogens with zero attached hydrogens (tertiary/aromatic N) is 2. The van der Waals surface area contributed by atoms with Crippen molar-refractivity contribution < 1.29 is 27.1 Å². The lowest BCUT2D eigenvalue weighted by atomic mass is 9.92. The molecule has 0 spiro atoms. The van der Waals surface area contributed by atoms with Gasteiger partial charge in [0, 0.05) is 17.7 Å². The number of hydrogen-bond donors (Lipinski definition) is 3. The smallest absolute Gasteiger partial charge is 0.397 e. The summed E-state index contributed by atoms with van der Waals surface area (Å²) >= 11 is 0. The van der Waals surface area contributed by atoms with Crippen molar-refractivity contribution in [2.24, 2.45) is 0 Å². The normalized spacial score (nSPS) is 12.3. The van der Waals surface area contributed by atoms with E-state index in [0.717, 1.165) is 13.0 Å². The number of nitrogens with two attached hydrogens (primary N) is 1. The summed E-state index contributed by atoms with van der Waals surface area (Å²) in [5.74, 6) is -2.64. The van der Waals surface area contributed by atoms with E-state index in [0.29, 0.717) is 27.6 Å². The Morgan fingerprint density at radius 2 is 1.76 bits per heavy atom. The first-order valence-electron chi connectivity index (χ1n) is 12.6. The molecule has 0 aliphatic heterocycles. The van der Waals surface area contributed by atoms with E-state index in [2.05, 4.69) is 20.5 Å². The summed E-state index contributed by atoms with van der Waals surface area (Å²) in [6.45, 7) is 1.18. The summed E-state index contributed by atoms with van der Waals surface area (Å²) in [5.41, 5.74) is 8.72. The molecule has 0 radical (unpaired) electrons. The second-order valence-corrected chi connectivity index (χ2v) is 9.43. The van der Waals surface area contributed by atoms with Gasteiger partial charge in [-0.1, -0.05) is 54.6 Å². The van der Waals surface area contributed by atoms with Crippen LogP contribution in [0, 0.1) is 5.82 Å². The van der Waals surface area contributed by atoms with Crippen molar-refractivity contribution in [2.75, 3.05) is 12.8 Å². The molecule has 5 rings (SSSR count). The van der Waals surface area contributed by atoms with Gasteiger partial charge in [0.2, 0.25) is 0 Å². The number of nitrogen functional groups attached to an aromatic ring is 1. The second kappa shape index (κ2) is 10.9. The number of fused-ring (bicyclic) bond motifs is 1. The van der Waals surface area contributed by atoms with Gasteiger partial charge in [0.05, 0.1) is 40.9 Å². The van der Waals surface area contributed by atoms with Crippen LogP contribution in [0.15, 0.2) is 72.8 Å². The SMILES string of the molecule is COc1ccc(F)cc1C(=O)NCc1ccc(-c2nc(C(C)C(F)(F)F)c(-c3ccccc3)c3[nH]nc(N)c23)cc1. The van der Waals surface area contributed by atoms with Crippen molar-refractivity contribution >= 4 is 22.6 Å². The highest BCUT2D eigenvalue weighted by molar-refractivity contribution is 6.07. The van der Waals surface area contributed by atoms with Crippen molar-refractivity contribution in [3.63, 3.8) is 0 Å². The third kappa shape index (κ3) is 5.43. The third-order valence-corrected chi connectivity index (χ3v) is 6.82. The summed E-state index contributed by atoms with van der Waals surface area (Å²) in [7, 11) is 1.38. The number of rotatable bonds is 7. The highest BCUT2D eigenvalue weighted by atomic mass is 19.4. The van der Waals surface area contributed by atoms with E-state index < -0.39 is 23.8 Å². The molecule has 2 heterocycles. The Balaban J connectivity index is 1.52. The molecule has 0 saturated carbocycles. The zero-order valence-corrected chi connectivity index (χ0v) is 22.0. The van der Waals surface area contributed by atoms with Crippen LogP contribution < -0.4 is 15.8 Å². The minimum Gasteiger partial charge on any atom is -0.496 e. The van der Waals surface area contributed by atoms with Crippen LogP contribution in [0.25, 0.3) is 33.3 Å². The Kier molecular flexibility index (Phi) is 7.36. The molecule has 1 unspecified atom stereocenters. The molecule has 2 aromatic heterocycles. The molecular weight excluding hydrogens is 538 g/mol. The van der Waals surface area contributed by atoms with E-state index in [4.69, 9.17) is 10.5 Å². The van der Waals surface area contributed by atoms with Gasteiger partial charge in [-0.2, -0.15) is 18.3 Å². The van der Waals surface area contributed by atoms with Crippen LogP contribution in [0.2, 0.25) is 0 Å². The van der Waals surface area contributed by atoms with E-state index >= 15 is 0 Å². The number of nitrogens with one attached hydrogen (secondary N) is 2. The first kappa shape index (κ1) is 27.6. The van der Waals surface area contributed by atoms with Gasteiger partial charge in [0.25, 0.3) is 5.91 Å². The molecule has 5 aromatic rings. The fraction of sp³-hybridized carbons (Fsp3) is 0.167. The Morgan fingerprint density at radius 1 is 1.05 bits per heavy atom. The number of carbonyl (C=O) groups excluding carboxylic acids is 1. The third-order valence-electron chi connectivity index (χ3n) is 6.82. The predicted octanol–water partition coefficient (Wildman–Crippen LogP) is 6.62. The van der Waals surface area contributed by atoms with Crippen molar-refractivity contribution in [1.82, 2.24) is 20.5 Å². The van der Waals surface area contributed by atoms with Crippen LogP contribution in [0.5, 0.6) is 5.75 Å². The standard InChI is InChI=1S/C30H25F4N5O2/c1-16(30(32,33)34)25-23(18-6-4-3-5-7-18)27-24(28(35)39-38-27)26(37-25)19-10-8-17(9-11-19)15-36-29(40)21-14-20(31)12-13-22(21)41-2/h3-14,16H,15H2,1-2H3,(H,36,40)(H3,35,38,39). The van der Waals surface area contributed by atoms with E-state index in [1.807, 2.05) is 0 Å². The number of H-pyrrole nitrogens is 1. The average Bonchev–Trinajstić information content (AvgIpc) is 3.36. The summed E-state index contributed by atoms with van der Waals surface area (Å²) in [5, 5.41) is 10.0. The predicted molar refractivity (Wildman–Crippen MR) is 148 cm³/mol. The van der Waals surface area contributed by atoms with E-state index in [9.17, 15) is 22.4 Å². The molecule has 0 saturated heterocycles. The molecule has 4 N–H and O–H groups in total. The van der Waals surface area contributed by atoms with Gasteiger partial charge in [0.1, 0.15) is 11.6 Å². The van der Waals surface area contributed by atoms with E-state index in [1.165, 1.54) is 19.2 Å². The number of pyridine rings is 1. The first-order chi connectivity index (χ1) is 19.6. The minimum absolute atomic E-state index is 0.0518. The van der Waals surface area contributed by atoms with Crippen LogP contribution in [-0.2, 0) is 6.54 Å². The Labute approximate surface area is 232 Å². The monoisotopic (exact) mass is 563 g/mol. The molecule has 0 aliphatic rings. The van der Waals surface area contributed by atoms with Gasteiger partial charge >= 0.3 is 6.18 Å². The van der Waals surface area contributed by atoms with Gasteiger partial charge in [0.15, 0.2) is 5.82 Å². The van der Waals surface area contributed by atoms with Crippen LogP contribution >= 0.6 is 0 Å². The lowest BCUT2D eigenvalue weighted by Gasteiger charge is -2.21. The molecule has 41 heavy (non-hydrogen) atoms. The molecule has 0 fully saturated rings. The highest BCUT2D eigenvalue weighted by Gasteiger charge is 2.40. The van der Waals surface area contributed by atoms with E-state index in [1.54, 1.807) is 54.6 Å². The topological polar surface area (TPSA) is 106 Å². The second-order valence-electron chi connectivity index (χ2n) is 9.43. The van der Waals surface area contributed by atoms with Gasteiger partial charge in [-0.25, -0.2) is 4.39 Å². The number of methoxy groups -OCH3 is 1. The number of benzene rings is 3. The number of carbonyl (C=O) groups is 1. The number of amides is 1. The Morgan fingerprint density at radius 3 is 2.41 bits per heavy atom. The zero-order valence-electron chi connectivity index (χ0n) is 22.0. The molecule has 0 aliphatic carbocycles. The van der Waals surface area contributed by atoms with E-state index in [-0.39, 0.29) is 40.6 Å². The maximum absolute atomic E-state index is 14.0. The van der Waals surface area contributed by atoms with Gasteiger partial charge in [-0.15, -0.1) is 0 Å². The summed E-state index contributed by atoms with van der Waals surface area (Å²) in [6.07, 6.45) is -4.54. The van der Waals surface area contributed by atoms with Crippen LogP contribution in [0.4, 0.5) is 23.4 Å². The largest absolute Gasteiger partial charge is 0.496 e. The Bertz CT molecular complexity index is 1720. The maximum atomic E-state index is 14.0. The van der Waals surface area contributed by atoms with Crippen LogP contribution in [-0.4, -0.2) is 34.4 Å². The average molecular weight is 564 g/mol. The molecular formula is C30H25F4N5O2.